The van der Waals surface area contributed by atoms with E-state index in [9.17, 15) is 9.90 Å². The average Bonchev–Trinajstić information content (AvgIpc) is 2.76. The van der Waals surface area contributed by atoms with Crippen molar-refractivity contribution in [1.29, 1.82) is 5.26 Å². The molecule has 0 aliphatic rings. The van der Waals surface area contributed by atoms with Crippen molar-refractivity contribution in [2.24, 2.45) is 0 Å². The van der Waals surface area contributed by atoms with E-state index in [1.807, 2.05) is 6.07 Å². The van der Waals surface area contributed by atoms with Gasteiger partial charge in [0.25, 0.3) is 5.91 Å². The molecule has 0 saturated carbocycles. The summed E-state index contributed by atoms with van der Waals surface area (Å²) in [6, 6.07) is 9.90. The van der Waals surface area contributed by atoms with Crippen LogP contribution in [0, 0.1) is 25.2 Å². The van der Waals surface area contributed by atoms with Gasteiger partial charge < -0.3 is 5.11 Å². The summed E-state index contributed by atoms with van der Waals surface area (Å²) in [6.07, 6.45) is 1.47. The molecule has 0 radical (unpaired) electrons. The SMILES string of the molecule is Cc1cc(C)n(C(=O)/C(C#N)=C/c2ccc(O)cc2)n1. The lowest BCUT2D eigenvalue weighted by Gasteiger charge is -2.02. The number of benzene rings is 1. The van der Waals surface area contributed by atoms with Gasteiger partial charge in [-0.2, -0.15) is 10.4 Å². The molecule has 0 aliphatic heterocycles. The second-order valence-corrected chi connectivity index (χ2v) is 4.41. The molecule has 0 bridgehead atoms. The van der Waals surface area contributed by atoms with Gasteiger partial charge >= 0.3 is 0 Å². The third-order valence-corrected chi connectivity index (χ3v) is 2.76. The van der Waals surface area contributed by atoms with E-state index in [0.717, 1.165) is 5.69 Å². The summed E-state index contributed by atoms with van der Waals surface area (Å²) in [4.78, 5) is 12.2. The number of rotatable bonds is 2. The van der Waals surface area contributed by atoms with Crippen molar-refractivity contribution in [2.45, 2.75) is 13.8 Å². The molecule has 1 aromatic heterocycles. The molecule has 0 fully saturated rings. The van der Waals surface area contributed by atoms with Crippen molar-refractivity contribution >= 4 is 12.0 Å². The molecule has 2 rings (SSSR count). The molecular formula is C15H13N3O2. The Balaban J connectivity index is 2.38. The highest BCUT2D eigenvalue weighted by Crippen LogP contribution is 2.14. The normalized spacial score (nSPS) is 11.2. The number of aromatic hydroxyl groups is 1. The second kappa shape index (κ2) is 5.41. The fourth-order valence-electron chi connectivity index (χ4n) is 1.83. The maximum absolute atomic E-state index is 12.2. The van der Waals surface area contributed by atoms with Crippen LogP contribution in [0.4, 0.5) is 0 Å². The number of phenols is 1. The number of allylic oxidation sites excluding steroid dienone is 1. The molecular weight excluding hydrogens is 254 g/mol. The van der Waals surface area contributed by atoms with Crippen LogP contribution in [-0.4, -0.2) is 20.8 Å². The summed E-state index contributed by atoms with van der Waals surface area (Å²) in [5, 5.41) is 22.4. The number of hydrogen-bond donors (Lipinski definition) is 1. The van der Waals surface area contributed by atoms with Crippen molar-refractivity contribution in [3.05, 3.63) is 52.9 Å². The lowest BCUT2D eigenvalue weighted by Crippen LogP contribution is -2.15. The molecule has 5 heteroatoms. The summed E-state index contributed by atoms with van der Waals surface area (Å²) >= 11 is 0. The van der Waals surface area contributed by atoms with E-state index in [-0.39, 0.29) is 11.3 Å². The number of nitrogens with zero attached hydrogens (tertiary/aromatic N) is 3. The number of hydrogen-bond acceptors (Lipinski definition) is 4. The van der Waals surface area contributed by atoms with Crippen molar-refractivity contribution in [2.75, 3.05) is 0 Å². The van der Waals surface area contributed by atoms with E-state index in [4.69, 9.17) is 5.26 Å². The van der Waals surface area contributed by atoms with Gasteiger partial charge in [0.2, 0.25) is 0 Å². The first kappa shape index (κ1) is 13.6. The summed E-state index contributed by atoms with van der Waals surface area (Å²) in [7, 11) is 0. The van der Waals surface area contributed by atoms with Crippen LogP contribution in [-0.2, 0) is 0 Å². The monoisotopic (exact) mass is 267 g/mol. The summed E-state index contributed by atoms with van der Waals surface area (Å²) in [5.41, 5.74) is 2.05. The highest BCUT2D eigenvalue weighted by molar-refractivity contribution is 6.03. The Bertz CT molecular complexity index is 719. The maximum Gasteiger partial charge on any atom is 0.289 e. The van der Waals surface area contributed by atoms with Crippen molar-refractivity contribution in [3.63, 3.8) is 0 Å². The van der Waals surface area contributed by atoms with Gasteiger partial charge in [-0.05, 0) is 43.7 Å². The first-order chi connectivity index (χ1) is 9.51. The van der Waals surface area contributed by atoms with Crippen molar-refractivity contribution in [1.82, 2.24) is 9.78 Å². The van der Waals surface area contributed by atoms with Gasteiger partial charge in [-0.1, -0.05) is 12.1 Å². The predicted molar refractivity (Wildman–Crippen MR) is 74.0 cm³/mol. The van der Waals surface area contributed by atoms with Crippen LogP contribution < -0.4 is 0 Å². The minimum atomic E-state index is -0.467. The Morgan fingerprint density at radius 3 is 2.50 bits per heavy atom. The molecule has 1 heterocycles. The van der Waals surface area contributed by atoms with E-state index in [2.05, 4.69) is 5.10 Å². The average molecular weight is 267 g/mol. The maximum atomic E-state index is 12.2. The zero-order valence-electron chi connectivity index (χ0n) is 11.2. The zero-order chi connectivity index (χ0) is 14.7. The highest BCUT2D eigenvalue weighted by atomic mass is 16.3. The molecule has 0 amide bonds. The van der Waals surface area contributed by atoms with Crippen LogP contribution in [0.25, 0.3) is 6.08 Å². The second-order valence-electron chi connectivity index (χ2n) is 4.41. The van der Waals surface area contributed by atoms with Gasteiger partial charge in [0.05, 0.1) is 5.69 Å². The minimum absolute atomic E-state index is 0.0121. The lowest BCUT2D eigenvalue weighted by molar-refractivity contribution is 0.0944. The molecule has 0 atom stereocenters. The van der Waals surface area contributed by atoms with Crippen molar-refractivity contribution in [3.8, 4) is 11.8 Å². The Morgan fingerprint density at radius 2 is 2.00 bits per heavy atom. The zero-order valence-corrected chi connectivity index (χ0v) is 11.2. The van der Waals surface area contributed by atoms with Crippen LogP contribution in [0.3, 0.4) is 0 Å². The smallest absolute Gasteiger partial charge is 0.289 e. The standard InChI is InChI=1S/C15H13N3O2/c1-10-7-11(2)18(17-10)15(20)13(9-16)8-12-3-5-14(19)6-4-12/h3-8,19H,1-2H3/b13-8+. The highest BCUT2D eigenvalue weighted by Gasteiger charge is 2.15. The largest absolute Gasteiger partial charge is 0.508 e. The van der Waals surface area contributed by atoms with Crippen LogP contribution in [0.2, 0.25) is 0 Å². The van der Waals surface area contributed by atoms with Gasteiger partial charge in [0.15, 0.2) is 0 Å². The molecule has 1 aromatic carbocycles. The first-order valence-corrected chi connectivity index (χ1v) is 6.00. The molecule has 5 nitrogen and oxygen atoms in total. The Kier molecular flexibility index (Phi) is 3.67. The fourth-order valence-corrected chi connectivity index (χ4v) is 1.83. The topological polar surface area (TPSA) is 78.9 Å². The van der Waals surface area contributed by atoms with Crippen LogP contribution in [0.5, 0.6) is 5.75 Å². The fraction of sp³-hybridized carbons (Fsp3) is 0.133. The minimum Gasteiger partial charge on any atom is -0.508 e. The molecule has 20 heavy (non-hydrogen) atoms. The van der Waals surface area contributed by atoms with E-state index >= 15 is 0 Å². The van der Waals surface area contributed by atoms with Crippen LogP contribution >= 0.6 is 0 Å². The molecule has 0 aliphatic carbocycles. The van der Waals surface area contributed by atoms with Gasteiger partial charge in [-0.15, -0.1) is 0 Å². The molecule has 0 unspecified atom stereocenters. The van der Waals surface area contributed by atoms with Gasteiger partial charge in [-0.25, -0.2) is 4.68 Å². The lowest BCUT2D eigenvalue weighted by atomic mass is 10.1. The number of carbonyl (C=O) groups excluding carboxylic acids is 1. The number of phenolic OH excluding ortho intramolecular Hbond substituents is 1. The van der Waals surface area contributed by atoms with Crippen LogP contribution in [0.15, 0.2) is 35.9 Å². The molecule has 0 spiro atoms. The summed E-state index contributed by atoms with van der Waals surface area (Å²) < 4.78 is 1.21. The van der Waals surface area contributed by atoms with Gasteiger partial charge in [0.1, 0.15) is 17.4 Å². The molecule has 2 aromatic rings. The summed E-state index contributed by atoms with van der Waals surface area (Å²) in [6.45, 7) is 3.54. The summed E-state index contributed by atoms with van der Waals surface area (Å²) in [5.74, 6) is -0.336. The number of aryl methyl sites for hydroxylation is 2. The number of aromatic nitrogens is 2. The van der Waals surface area contributed by atoms with Gasteiger partial charge in [0, 0.05) is 5.69 Å². The third-order valence-electron chi connectivity index (χ3n) is 2.76. The first-order valence-electron chi connectivity index (χ1n) is 6.00. The van der Waals surface area contributed by atoms with Crippen LogP contribution in [0.1, 0.15) is 21.7 Å². The third kappa shape index (κ3) is 2.75. The van der Waals surface area contributed by atoms with E-state index in [1.165, 1.54) is 22.9 Å². The quantitative estimate of drug-likeness (QED) is 0.669. The molecule has 100 valence electrons. The van der Waals surface area contributed by atoms with Gasteiger partial charge in [-0.3, -0.25) is 4.79 Å². The van der Waals surface area contributed by atoms with E-state index in [1.54, 1.807) is 32.0 Å². The number of nitriles is 1. The molecule has 1 N–H and O–H groups in total. The van der Waals surface area contributed by atoms with E-state index < -0.39 is 5.91 Å². The number of carbonyl (C=O) groups is 1. The van der Waals surface area contributed by atoms with Crippen molar-refractivity contribution < 1.29 is 9.90 Å². The Hall–Kier alpha value is -2.87. The molecule has 0 saturated heterocycles. The van der Waals surface area contributed by atoms with E-state index in [0.29, 0.717) is 11.3 Å². The predicted octanol–water partition coefficient (Wildman–Crippen LogP) is 2.45. The Morgan fingerprint density at radius 1 is 1.35 bits per heavy atom. The Labute approximate surface area is 116 Å².